The van der Waals surface area contributed by atoms with Gasteiger partial charge < -0.3 is 15.3 Å². The van der Waals surface area contributed by atoms with E-state index in [0.717, 1.165) is 16.3 Å². The van der Waals surface area contributed by atoms with Gasteiger partial charge in [0.1, 0.15) is 17.6 Å². The summed E-state index contributed by atoms with van der Waals surface area (Å²) in [5, 5.41) is 21.4. The molecular weight excluding hydrogens is 566 g/mol. The topological polar surface area (TPSA) is 129 Å². The van der Waals surface area contributed by atoms with Gasteiger partial charge in [0.05, 0.1) is 29.2 Å². The van der Waals surface area contributed by atoms with E-state index >= 15 is 4.39 Å². The van der Waals surface area contributed by atoms with Crippen LogP contribution in [0.5, 0.6) is 0 Å². The van der Waals surface area contributed by atoms with Gasteiger partial charge in [0, 0.05) is 28.9 Å². The monoisotopic (exact) mass is 592 g/mol. The maximum absolute atomic E-state index is 15.1. The van der Waals surface area contributed by atoms with Gasteiger partial charge in [-0.1, -0.05) is 18.2 Å². The van der Waals surface area contributed by atoms with Crippen LogP contribution in [0.2, 0.25) is 0 Å². The lowest BCUT2D eigenvalue weighted by Gasteiger charge is -2.27. The lowest BCUT2D eigenvalue weighted by Crippen LogP contribution is -2.46. The fourth-order valence-corrected chi connectivity index (χ4v) is 5.82. The van der Waals surface area contributed by atoms with Crippen molar-refractivity contribution in [2.75, 3.05) is 23.0 Å². The third-order valence-electron chi connectivity index (χ3n) is 6.53. The van der Waals surface area contributed by atoms with Gasteiger partial charge in [0.15, 0.2) is 5.82 Å². The van der Waals surface area contributed by atoms with Gasteiger partial charge in [-0.2, -0.15) is 4.79 Å². The van der Waals surface area contributed by atoms with E-state index in [0.29, 0.717) is 28.2 Å². The fourth-order valence-electron chi connectivity index (χ4n) is 4.64. The molecule has 0 radical (unpaired) electrons. The molecule has 0 spiro atoms. The molecular formula is C28H26F2N8O3S. The maximum atomic E-state index is 15.1. The minimum atomic E-state index is -1.33. The Morgan fingerprint density at radius 2 is 1.93 bits per heavy atom. The van der Waals surface area contributed by atoms with Crippen molar-refractivity contribution >= 4 is 45.1 Å². The molecule has 0 saturated heterocycles. The van der Waals surface area contributed by atoms with Crippen LogP contribution in [0.4, 0.5) is 25.2 Å². The largest absolute Gasteiger partial charge is 0.465 e. The molecule has 216 valence electrons. The van der Waals surface area contributed by atoms with Crippen LogP contribution in [0.25, 0.3) is 31.8 Å². The van der Waals surface area contributed by atoms with Crippen LogP contribution < -0.4 is 15.2 Å². The Kier molecular flexibility index (Phi) is 8.06. The lowest BCUT2D eigenvalue weighted by atomic mass is 10.0. The van der Waals surface area contributed by atoms with Crippen molar-refractivity contribution in [3.63, 3.8) is 0 Å². The van der Waals surface area contributed by atoms with Gasteiger partial charge in [0.25, 0.3) is 0 Å². The van der Waals surface area contributed by atoms with E-state index in [1.54, 1.807) is 36.3 Å². The number of likely N-dealkylation sites (N-methyl/N-ethyl adjacent to an activating group) is 1. The normalized spacial score (nSPS) is 11.8. The molecule has 3 aromatic heterocycles. The predicted molar refractivity (Wildman–Crippen MR) is 155 cm³/mol. The SMILES string of the molecule is CCN(C(=O)C(C)NC(=O)O)c1ccc(F)cc1-c1cccc2cc(-c3nc(N(CC)n4ccnn4)ncc3F)sc12. The van der Waals surface area contributed by atoms with Crippen molar-refractivity contribution < 1.29 is 23.5 Å². The Balaban J connectivity index is 1.61. The lowest BCUT2D eigenvalue weighted by molar-refractivity contribution is -0.120. The van der Waals surface area contributed by atoms with E-state index in [1.807, 2.05) is 13.0 Å². The maximum Gasteiger partial charge on any atom is 0.405 e. The third-order valence-corrected chi connectivity index (χ3v) is 7.72. The number of halogens is 2. The fraction of sp³-hybridized carbons (Fsp3) is 0.214. The first-order valence-electron chi connectivity index (χ1n) is 13.0. The molecule has 2 amide bonds. The molecule has 2 aromatic carbocycles. The molecule has 5 rings (SSSR count). The second-order valence-corrected chi connectivity index (χ2v) is 10.2. The van der Waals surface area contributed by atoms with E-state index in [4.69, 9.17) is 5.11 Å². The number of aromatic nitrogens is 5. The number of nitrogens with zero attached hydrogens (tertiary/aromatic N) is 7. The van der Waals surface area contributed by atoms with Crippen LogP contribution in [-0.4, -0.2) is 61.3 Å². The number of carbonyl (C=O) groups excluding carboxylic acids is 1. The molecule has 3 heterocycles. The van der Waals surface area contributed by atoms with Crippen LogP contribution in [0.15, 0.2) is 61.1 Å². The molecule has 2 N–H and O–H groups in total. The van der Waals surface area contributed by atoms with Crippen molar-refractivity contribution in [3.8, 4) is 21.7 Å². The molecule has 1 atom stereocenters. The summed E-state index contributed by atoms with van der Waals surface area (Å²) in [7, 11) is 0. The molecule has 1 unspecified atom stereocenters. The number of carboxylic acid groups (broad SMARTS) is 1. The van der Waals surface area contributed by atoms with E-state index in [2.05, 4.69) is 25.6 Å². The van der Waals surface area contributed by atoms with Gasteiger partial charge in [-0.15, -0.1) is 16.4 Å². The summed E-state index contributed by atoms with van der Waals surface area (Å²) in [6.45, 7) is 5.72. The van der Waals surface area contributed by atoms with Gasteiger partial charge in [0.2, 0.25) is 11.9 Å². The molecule has 0 aliphatic rings. The number of nitrogens with one attached hydrogen (secondary N) is 1. The number of fused-ring (bicyclic) bond motifs is 1. The van der Waals surface area contributed by atoms with Gasteiger partial charge in [-0.25, -0.2) is 28.6 Å². The first-order chi connectivity index (χ1) is 20.2. The molecule has 5 aromatic rings. The van der Waals surface area contributed by atoms with Gasteiger partial charge in [-0.05, 0) is 55.6 Å². The molecule has 0 aliphatic heterocycles. The van der Waals surface area contributed by atoms with Crippen molar-refractivity contribution in [1.29, 1.82) is 0 Å². The van der Waals surface area contributed by atoms with Crippen molar-refractivity contribution in [2.45, 2.75) is 26.8 Å². The third kappa shape index (κ3) is 5.48. The highest BCUT2D eigenvalue weighted by molar-refractivity contribution is 7.22. The Morgan fingerprint density at radius 3 is 2.62 bits per heavy atom. The molecule has 14 heteroatoms. The van der Waals surface area contributed by atoms with Crippen molar-refractivity contribution in [1.82, 2.24) is 30.4 Å². The van der Waals surface area contributed by atoms with E-state index in [-0.39, 0.29) is 18.2 Å². The zero-order chi connectivity index (χ0) is 30.0. The average molecular weight is 593 g/mol. The van der Waals surface area contributed by atoms with Crippen molar-refractivity contribution in [2.24, 2.45) is 0 Å². The summed E-state index contributed by atoms with van der Waals surface area (Å²) >= 11 is 1.27. The minimum Gasteiger partial charge on any atom is -0.465 e. The highest BCUT2D eigenvalue weighted by atomic mass is 32.1. The van der Waals surface area contributed by atoms with Gasteiger partial charge >= 0.3 is 6.09 Å². The highest BCUT2D eigenvalue weighted by Gasteiger charge is 2.26. The van der Waals surface area contributed by atoms with E-state index in [1.165, 1.54) is 52.3 Å². The summed E-state index contributed by atoms with van der Waals surface area (Å²) in [6.07, 6.45) is 2.91. The van der Waals surface area contributed by atoms with Gasteiger partial charge in [-0.3, -0.25) is 4.79 Å². The Labute approximate surface area is 243 Å². The first-order valence-corrected chi connectivity index (χ1v) is 13.8. The first kappa shape index (κ1) is 28.5. The number of hydrogen-bond acceptors (Lipinski definition) is 8. The number of hydrogen-bond donors (Lipinski definition) is 2. The molecule has 0 fully saturated rings. The zero-order valence-corrected chi connectivity index (χ0v) is 23.6. The van der Waals surface area contributed by atoms with Crippen LogP contribution in [0, 0.1) is 11.6 Å². The summed E-state index contributed by atoms with van der Waals surface area (Å²) in [6, 6.07) is 10.3. The zero-order valence-electron chi connectivity index (χ0n) is 22.8. The van der Waals surface area contributed by atoms with Crippen LogP contribution in [-0.2, 0) is 4.79 Å². The van der Waals surface area contributed by atoms with Crippen LogP contribution >= 0.6 is 11.3 Å². The summed E-state index contributed by atoms with van der Waals surface area (Å²) in [5.74, 6) is -1.39. The van der Waals surface area contributed by atoms with E-state index < -0.39 is 29.7 Å². The molecule has 42 heavy (non-hydrogen) atoms. The number of benzene rings is 2. The minimum absolute atomic E-state index is 0.0871. The second-order valence-electron chi connectivity index (χ2n) is 9.16. The second kappa shape index (κ2) is 11.9. The average Bonchev–Trinajstić information content (AvgIpc) is 3.65. The summed E-state index contributed by atoms with van der Waals surface area (Å²) in [5.41, 5.74) is 1.55. The van der Waals surface area contributed by atoms with E-state index in [9.17, 15) is 14.0 Å². The van der Waals surface area contributed by atoms with Crippen molar-refractivity contribution in [3.05, 3.63) is 72.7 Å². The Bertz CT molecular complexity index is 1760. The molecule has 0 saturated carbocycles. The standard InChI is InChI=1S/C28H26F2N8O3S/c1-4-36(26(39)16(3)33-28(40)41)22-10-9-18(29)14-20(22)19-8-6-7-17-13-23(42-25(17)19)24-21(30)15-31-27(34-24)37(5-2)38-12-11-32-35-38/h6-16,33H,4-5H2,1-3H3,(H,40,41). The smallest absolute Gasteiger partial charge is 0.405 e. The number of amides is 2. The summed E-state index contributed by atoms with van der Waals surface area (Å²) < 4.78 is 30.5. The highest BCUT2D eigenvalue weighted by Crippen LogP contribution is 2.42. The Hall–Kier alpha value is -4.98. The summed E-state index contributed by atoms with van der Waals surface area (Å²) in [4.78, 5) is 36.4. The predicted octanol–water partition coefficient (Wildman–Crippen LogP) is 5.19. The number of thiophene rings is 1. The number of rotatable bonds is 9. The molecule has 0 aliphatic carbocycles. The van der Waals surface area contributed by atoms with Crippen LogP contribution in [0.3, 0.4) is 0 Å². The molecule has 0 bridgehead atoms. The number of carbonyl (C=O) groups is 2. The Morgan fingerprint density at radius 1 is 1.12 bits per heavy atom. The number of anilines is 2. The molecule has 11 nitrogen and oxygen atoms in total. The van der Waals surface area contributed by atoms with Crippen LogP contribution in [0.1, 0.15) is 20.8 Å². The quantitative estimate of drug-likeness (QED) is 0.239.